The molecule has 164 valence electrons. The fourth-order valence-electron chi connectivity index (χ4n) is 4.91. The first-order chi connectivity index (χ1) is 15.3. The Bertz CT molecular complexity index is 1250. The Morgan fingerprint density at radius 1 is 1.22 bits per heavy atom. The van der Waals surface area contributed by atoms with Crippen LogP contribution in [0.15, 0.2) is 49.2 Å². The van der Waals surface area contributed by atoms with Gasteiger partial charge in [0.25, 0.3) is 0 Å². The van der Waals surface area contributed by atoms with E-state index in [9.17, 15) is 14.3 Å². The first-order valence-corrected chi connectivity index (χ1v) is 10.6. The number of carbonyl (C=O) groups is 1. The number of phenolic OH excluding ortho intramolecular Hbond substituents is 1. The van der Waals surface area contributed by atoms with Gasteiger partial charge in [0, 0.05) is 54.4 Å². The number of amides is 1. The lowest BCUT2D eigenvalue weighted by atomic mass is 9.79. The molecule has 0 radical (unpaired) electrons. The van der Waals surface area contributed by atoms with Crippen LogP contribution >= 0.6 is 11.6 Å². The van der Waals surface area contributed by atoms with Crippen LogP contribution in [0.4, 0.5) is 14.5 Å². The molecular formula is C24H20ClF2N3O2. The molecule has 2 aliphatic rings. The third-order valence-corrected chi connectivity index (χ3v) is 6.76. The Hall–Kier alpha value is -3.19. The average molecular weight is 456 g/mol. The molecule has 1 amide bonds. The number of hydrogen-bond donors (Lipinski definition) is 1. The molecule has 2 aromatic carbocycles. The largest absolute Gasteiger partial charge is 0.507 e. The Morgan fingerprint density at radius 3 is 2.72 bits per heavy atom. The van der Waals surface area contributed by atoms with Crippen molar-refractivity contribution < 1.29 is 18.7 Å². The van der Waals surface area contributed by atoms with Crippen molar-refractivity contribution in [3.8, 4) is 16.9 Å². The van der Waals surface area contributed by atoms with E-state index in [0.29, 0.717) is 18.5 Å². The third-order valence-electron chi connectivity index (χ3n) is 6.46. The quantitative estimate of drug-likeness (QED) is 0.578. The maximum Gasteiger partial charge on any atom is 0.245 e. The summed E-state index contributed by atoms with van der Waals surface area (Å²) < 4.78 is 30.0. The number of phenols is 1. The van der Waals surface area contributed by atoms with Gasteiger partial charge in [-0.05, 0) is 36.8 Å². The molecule has 5 rings (SSSR count). The molecule has 0 saturated carbocycles. The Labute approximate surface area is 188 Å². The highest BCUT2D eigenvalue weighted by Crippen LogP contribution is 2.45. The number of pyridine rings is 1. The molecule has 1 spiro atoms. The molecule has 5 nitrogen and oxygen atoms in total. The van der Waals surface area contributed by atoms with Crippen molar-refractivity contribution in [3.05, 3.63) is 65.8 Å². The maximum atomic E-state index is 15.6. The second kappa shape index (κ2) is 7.45. The van der Waals surface area contributed by atoms with Gasteiger partial charge in [-0.15, -0.1) is 0 Å². The molecule has 0 bridgehead atoms. The molecule has 0 atom stereocenters. The molecule has 0 unspecified atom stereocenters. The van der Waals surface area contributed by atoms with Crippen LogP contribution in [0.2, 0.25) is 5.02 Å². The van der Waals surface area contributed by atoms with Crippen molar-refractivity contribution in [2.24, 2.45) is 5.41 Å². The number of carbonyl (C=O) groups excluding carboxylic acids is 1. The molecular weight excluding hydrogens is 436 g/mol. The van der Waals surface area contributed by atoms with Crippen LogP contribution in [-0.2, 0) is 4.79 Å². The highest BCUT2D eigenvalue weighted by Gasteiger charge is 2.49. The summed E-state index contributed by atoms with van der Waals surface area (Å²) in [5.74, 6) is -2.02. The minimum atomic E-state index is -0.782. The van der Waals surface area contributed by atoms with Crippen LogP contribution in [0.1, 0.15) is 6.42 Å². The van der Waals surface area contributed by atoms with Gasteiger partial charge in [-0.25, -0.2) is 8.78 Å². The standard InChI is InChI=1S/C24H20ClF2N3O2/c1-2-19(32)30-12-24(13-30)7-9-29(11-24)17-6-8-28-23-14(17)10-15(25)20(22(23)27)21-16(26)4-3-5-18(21)31/h2-6,8,10,31H,1,7,9,11-13H2. The molecule has 32 heavy (non-hydrogen) atoms. The van der Waals surface area contributed by atoms with Crippen molar-refractivity contribution in [3.63, 3.8) is 0 Å². The Kier molecular flexibility index (Phi) is 4.82. The smallest absolute Gasteiger partial charge is 0.245 e. The number of aromatic hydroxyl groups is 1. The summed E-state index contributed by atoms with van der Waals surface area (Å²) in [6.07, 6.45) is 3.75. The minimum absolute atomic E-state index is 0.00930. The number of benzene rings is 2. The van der Waals surface area contributed by atoms with Gasteiger partial charge in [-0.1, -0.05) is 24.2 Å². The summed E-state index contributed by atoms with van der Waals surface area (Å²) in [5.41, 5.74) is 0.351. The van der Waals surface area contributed by atoms with Crippen LogP contribution in [0, 0.1) is 17.0 Å². The predicted octanol–water partition coefficient (Wildman–Crippen LogP) is 4.76. The van der Waals surface area contributed by atoms with Gasteiger partial charge in [0.05, 0.1) is 10.6 Å². The molecule has 8 heteroatoms. The number of anilines is 1. The van der Waals surface area contributed by atoms with Gasteiger partial charge < -0.3 is 14.9 Å². The van der Waals surface area contributed by atoms with E-state index in [1.165, 1.54) is 24.4 Å². The van der Waals surface area contributed by atoms with Crippen molar-refractivity contribution >= 4 is 34.1 Å². The fraction of sp³-hybridized carbons (Fsp3) is 0.250. The minimum Gasteiger partial charge on any atom is -0.507 e. The number of likely N-dealkylation sites (tertiary alicyclic amines) is 1. The molecule has 2 saturated heterocycles. The second-order valence-electron chi connectivity index (χ2n) is 8.48. The summed E-state index contributed by atoms with van der Waals surface area (Å²) in [6, 6.07) is 7.14. The summed E-state index contributed by atoms with van der Waals surface area (Å²) in [6.45, 7) is 6.35. The van der Waals surface area contributed by atoms with E-state index < -0.39 is 17.4 Å². The van der Waals surface area contributed by atoms with E-state index >= 15 is 4.39 Å². The molecule has 2 fully saturated rings. The normalized spacial score (nSPS) is 17.1. The lowest BCUT2D eigenvalue weighted by Gasteiger charge is -2.47. The topological polar surface area (TPSA) is 56.7 Å². The highest BCUT2D eigenvalue weighted by atomic mass is 35.5. The summed E-state index contributed by atoms with van der Waals surface area (Å²) >= 11 is 6.41. The number of nitrogens with zero attached hydrogens (tertiary/aromatic N) is 3. The summed E-state index contributed by atoms with van der Waals surface area (Å²) in [7, 11) is 0. The molecule has 3 heterocycles. The molecule has 1 aromatic heterocycles. The first-order valence-electron chi connectivity index (χ1n) is 10.2. The first kappa shape index (κ1) is 20.7. The zero-order valence-electron chi connectivity index (χ0n) is 17.1. The Morgan fingerprint density at radius 2 is 2.00 bits per heavy atom. The number of fused-ring (bicyclic) bond motifs is 1. The van der Waals surface area contributed by atoms with Crippen LogP contribution in [0.25, 0.3) is 22.0 Å². The molecule has 1 N–H and O–H groups in total. The summed E-state index contributed by atoms with van der Waals surface area (Å²) in [5, 5.41) is 10.6. The van der Waals surface area contributed by atoms with Gasteiger partial charge in [-0.3, -0.25) is 9.78 Å². The number of hydrogen-bond acceptors (Lipinski definition) is 4. The maximum absolute atomic E-state index is 15.6. The second-order valence-corrected chi connectivity index (χ2v) is 8.88. The number of aromatic nitrogens is 1. The van der Waals surface area contributed by atoms with Crippen LogP contribution in [-0.4, -0.2) is 47.1 Å². The van der Waals surface area contributed by atoms with Crippen LogP contribution in [0.3, 0.4) is 0 Å². The van der Waals surface area contributed by atoms with E-state index in [1.807, 2.05) is 6.07 Å². The zero-order chi connectivity index (χ0) is 22.6. The van der Waals surface area contributed by atoms with E-state index in [1.54, 1.807) is 11.0 Å². The van der Waals surface area contributed by atoms with Gasteiger partial charge in [-0.2, -0.15) is 0 Å². The van der Waals surface area contributed by atoms with Crippen molar-refractivity contribution in [2.75, 3.05) is 31.1 Å². The highest BCUT2D eigenvalue weighted by molar-refractivity contribution is 6.34. The molecule has 3 aromatic rings. The van der Waals surface area contributed by atoms with E-state index in [-0.39, 0.29) is 33.0 Å². The van der Waals surface area contributed by atoms with E-state index in [2.05, 4.69) is 16.5 Å². The summed E-state index contributed by atoms with van der Waals surface area (Å²) in [4.78, 5) is 19.9. The van der Waals surface area contributed by atoms with E-state index in [0.717, 1.165) is 31.3 Å². The lowest BCUT2D eigenvalue weighted by molar-refractivity contribution is -0.136. The van der Waals surface area contributed by atoms with E-state index in [4.69, 9.17) is 11.6 Å². The van der Waals surface area contributed by atoms with Crippen LogP contribution in [0.5, 0.6) is 5.75 Å². The fourth-order valence-corrected chi connectivity index (χ4v) is 5.20. The SMILES string of the molecule is C=CC(=O)N1CC2(CCN(c3ccnc4c(F)c(-c5c(O)cccc5F)c(Cl)cc34)C2)C1. The van der Waals surface area contributed by atoms with Crippen molar-refractivity contribution in [1.29, 1.82) is 0 Å². The Balaban J connectivity index is 1.53. The van der Waals surface area contributed by atoms with Gasteiger partial charge in [0.15, 0.2) is 5.82 Å². The monoisotopic (exact) mass is 455 g/mol. The average Bonchev–Trinajstić information content (AvgIpc) is 3.19. The molecule has 0 aliphatic carbocycles. The predicted molar refractivity (Wildman–Crippen MR) is 120 cm³/mol. The number of rotatable bonds is 3. The van der Waals surface area contributed by atoms with Crippen LogP contribution < -0.4 is 4.90 Å². The van der Waals surface area contributed by atoms with Crippen molar-refractivity contribution in [2.45, 2.75) is 6.42 Å². The number of halogens is 3. The third kappa shape index (κ3) is 3.11. The lowest BCUT2D eigenvalue weighted by Crippen LogP contribution is -2.59. The van der Waals surface area contributed by atoms with Gasteiger partial charge >= 0.3 is 0 Å². The molecule has 2 aliphatic heterocycles. The zero-order valence-corrected chi connectivity index (χ0v) is 17.9. The van der Waals surface area contributed by atoms with Gasteiger partial charge in [0.1, 0.15) is 17.1 Å². The van der Waals surface area contributed by atoms with Gasteiger partial charge in [0.2, 0.25) is 5.91 Å². The van der Waals surface area contributed by atoms with Crippen molar-refractivity contribution in [1.82, 2.24) is 9.88 Å².